The van der Waals surface area contributed by atoms with Crippen LogP contribution in [0.15, 0.2) is 59.6 Å². The quantitative estimate of drug-likeness (QED) is 0.787. The monoisotopic (exact) mass is 253 g/mol. The van der Waals surface area contributed by atoms with Crippen molar-refractivity contribution in [2.45, 2.75) is 13.8 Å². The lowest BCUT2D eigenvalue weighted by Gasteiger charge is -2.09. The maximum absolute atomic E-state index is 5.55. The van der Waals surface area contributed by atoms with E-state index in [1.807, 2.05) is 44.2 Å². The van der Waals surface area contributed by atoms with Crippen LogP contribution in [0.25, 0.3) is 11.1 Å². The Kier molecular flexibility index (Phi) is 4.73. The van der Waals surface area contributed by atoms with Crippen LogP contribution >= 0.6 is 0 Å². The fraction of sp³-hybridized carbons (Fsp3) is 0.235. The lowest BCUT2D eigenvalue weighted by molar-refractivity contribution is 0.348. The lowest BCUT2D eigenvalue weighted by atomic mass is 10.00. The van der Waals surface area contributed by atoms with Crippen LogP contribution in [0.2, 0.25) is 0 Å². The highest BCUT2D eigenvalue weighted by Gasteiger charge is 2.14. The van der Waals surface area contributed by atoms with Crippen LogP contribution in [-0.4, -0.2) is 19.0 Å². The Bertz CT molecular complexity index is 546. The maximum Gasteiger partial charge on any atom is 0.216 e. The van der Waals surface area contributed by atoms with Crippen molar-refractivity contribution in [3.8, 4) is 11.1 Å². The van der Waals surface area contributed by atoms with Crippen molar-refractivity contribution in [3.05, 3.63) is 60.2 Å². The van der Waals surface area contributed by atoms with Gasteiger partial charge in [-0.05, 0) is 17.2 Å². The molecule has 0 radical (unpaired) electrons. The molecule has 3 rings (SSSR count). The second-order valence-corrected chi connectivity index (χ2v) is 3.95. The molecule has 2 aromatic rings. The second kappa shape index (κ2) is 6.74. The van der Waals surface area contributed by atoms with Gasteiger partial charge in [0, 0.05) is 5.56 Å². The van der Waals surface area contributed by atoms with Crippen LogP contribution in [0.3, 0.4) is 0 Å². The highest BCUT2D eigenvalue weighted by Crippen LogP contribution is 2.25. The van der Waals surface area contributed by atoms with Gasteiger partial charge in [0.15, 0.2) is 0 Å². The molecule has 1 aliphatic heterocycles. The van der Waals surface area contributed by atoms with Gasteiger partial charge < -0.3 is 4.74 Å². The first-order valence-corrected chi connectivity index (χ1v) is 6.77. The molecular weight excluding hydrogens is 234 g/mol. The number of ether oxygens (including phenoxy) is 1. The van der Waals surface area contributed by atoms with Gasteiger partial charge in [0.25, 0.3) is 0 Å². The van der Waals surface area contributed by atoms with Crippen molar-refractivity contribution in [1.82, 2.24) is 0 Å². The molecule has 2 aromatic carbocycles. The van der Waals surface area contributed by atoms with Gasteiger partial charge >= 0.3 is 0 Å². The van der Waals surface area contributed by atoms with Crippen molar-refractivity contribution in [1.29, 1.82) is 0 Å². The van der Waals surface area contributed by atoms with Crippen LogP contribution in [0.1, 0.15) is 19.4 Å². The molecule has 0 saturated carbocycles. The number of benzene rings is 2. The fourth-order valence-corrected chi connectivity index (χ4v) is 2.04. The summed E-state index contributed by atoms with van der Waals surface area (Å²) in [4.78, 5) is 4.39. The molecule has 2 heteroatoms. The zero-order valence-corrected chi connectivity index (χ0v) is 11.5. The predicted octanol–water partition coefficient (Wildman–Crippen LogP) is 4.16. The summed E-state index contributed by atoms with van der Waals surface area (Å²) in [5.74, 6) is 0.768. The second-order valence-electron chi connectivity index (χ2n) is 3.95. The summed E-state index contributed by atoms with van der Waals surface area (Å²) >= 11 is 0. The molecule has 0 unspecified atom stereocenters. The normalized spacial score (nSPS) is 13.1. The third kappa shape index (κ3) is 3.02. The maximum atomic E-state index is 5.55. The van der Waals surface area contributed by atoms with E-state index in [0.29, 0.717) is 6.61 Å². The number of nitrogens with zero attached hydrogens (tertiary/aromatic N) is 1. The number of aliphatic imine (C=N–C) groups is 1. The van der Waals surface area contributed by atoms with Gasteiger partial charge in [0.05, 0.1) is 6.54 Å². The largest absolute Gasteiger partial charge is 0.475 e. The Morgan fingerprint density at radius 3 is 2.11 bits per heavy atom. The summed E-state index contributed by atoms with van der Waals surface area (Å²) in [5.41, 5.74) is 3.45. The highest BCUT2D eigenvalue weighted by atomic mass is 16.5. The van der Waals surface area contributed by atoms with E-state index in [9.17, 15) is 0 Å². The van der Waals surface area contributed by atoms with E-state index in [0.717, 1.165) is 18.0 Å². The number of rotatable bonds is 2. The first kappa shape index (κ1) is 13.3. The minimum Gasteiger partial charge on any atom is -0.475 e. The summed E-state index contributed by atoms with van der Waals surface area (Å²) in [7, 11) is 0. The molecule has 98 valence electrons. The molecule has 0 aliphatic carbocycles. The van der Waals surface area contributed by atoms with E-state index >= 15 is 0 Å². The lowest BCUT2D eigenvalue weighted by Crippen LogP contribution is -2.03. The van der Waals surface area contributed by atoms with Crippen molar-refractivity contribution < 1.29 is 4.74 Å². The third-order valence-corrected chi connectivity index (χ3v) is 2.83. The molecule has 1 aliphatic rings. The van der Waals surface area contributed by atoms with Gasteiger partial charge in [0.1, 0.15) is 6.61 Å². The van der Waals surface area contributed by atoms with E-state index in [1.165, 1.54) is 11.1 Å². The average molecular weight is 253 g/mol. The Morgan fingerprint density at radius 2 is 1.47 bits per heavy atom. The molecule has 0 fully saturated rings. The molecule has 0 bridgehead atoms. The summed E-state index contributed by atoms with van der Waals surface area (Å²) in [6.07, 6.45) is 0. The van der Waals surface area contributed by atoms with Gasteiger partial charge in [-0.15, -0.1) is 0 Å². The van der Waals surface area contributed by atoms with Crippen molar-refractivity contribution in [2.24, 2.45) is 4.99 Å². The van der Waals surface area contributed by atoms with Gasteiger partial charge in [0.2, 0.25) is 5.90 Å². The minimum atomic E-state index is 0.693. The Hall–Kier alpha value is -2.09. The molecule has 1 heterocycles. The van der Waals surface area contributed by atoms with E-state index in [2.05, 4.69) is 29.3 Å². The van der Waals surface area contributed by atoms with E-state index in [1.54, 1.807) is 0 Å². The van der Waals surface area contributed by atoms with E-state index < -0.39 is 0 Å². The van der Waals surface area contributed by atoms with Crippen molar-refractivity contribution in [3.63, 3.8) is 0 Å². The number of hydrogen-bond donors (Lipinski definition) is 0. The summed E-state index contributed by atoms with van der Waals surface area (Å²) in [6.45, 7) is 5.46. The van der Waals surface area contributed by atoms with Crippen LogP contribution in [0.5, 0.6) is 0 Å². The standard InChI is InChI=1S/C15H13NO.C2H6/c1-2-6-12(7-3-1)13-8-4-5-9-14(13)15-16-10-11-17-15;1-2/h1-9H,10-11H2;1-2H3. The summed E-state index contributed by atoms with van der Waals surface area (Å²) < 4.78 is 5.55. The Balaban J connectivity index is 0.000000637. The van der Waals surface area contributed by atoms with E-state index in [4.69, 9.17) is 4.74 Å². The zero-order chi connectivity index (χ0) is 13.5. The minimum absolute atomic E-state index is 0.693. The first-order chi connectivity index (χ1) is 9.45. The number of hydrogen-bond acceptors (Lipinski definition) is 2. The molecule has 0 spiro atoms. The fourth-order valence-electron chi connectivity index (χ4n) is 2.04. The SMILES string of the molecule is CC.c1ccc(-c2ccccc2C2=NCCO2)cc1. The van der Waals surface area contributed by atoms with Crippen LogP contribution in [-0.2, 0) is 4.74 Å². The van der Waals surface area contributed by atoms with Crippen LogP contribution in [0, 0.1) is 0 Å². The van der Waals surface area contributed by atoms with Gasteiger partial charge in [-0.1, -0.05) is 62.4 Å². The molecule has 0 aromatic heterocycles. The average Bonchev–Trinajstić information content (AvgIpc) is 3.04. The van der Waals surface area contributed by atoms with E-state index in [-0.39, 0.29) is 0 Å². The molecule has 0 atom stereocenters. The molecular formula is C17H19NO. The first-order valence-electron chi connectivity index (χ1n) is 6.77. The van der Waals surface area contributed by atoms with Crippen molar-refractivity contribution in [2.75, 3.05) is 13.2 Å². The van der Waals surface area contributed by atoms with Gasteiger partial charge in [-0.2, -0.15) is 0 Å². The molecule has 2 nitrogen and oxygen atoms in total. The highest BCUT2D eigenvalue weighted by molar-refractivity contribution is 6.01. The van der Waals surface area contributed by atoms with Crippen molar-refractivity contribution >= 4 is 5.90 Å². The zero-order valence-electron chi connectivity index (χ0n) is 11.5. The molecule has 19 heavy (non-hydrogen) atoms. The third-order valence-electron chi connectivity index (χ3n) is 2.83. The van der Waals surface area contributed by atoms with Gasteiger partial charge in [-0.25, -0.2) is 4.99 Å². The molecule has 0 saturated heterocycles. The van der Waals surface area contributed by atoms with Crippen LogP contribution in [0.4, 0.5) is 0 Å². The topological polar surface area (TPSA) is 21.6 Å². The smallest absolute Gasteiger partial charge is 0.216 e. The molecule has 0 N–H and O–H groups in total. The van der Waals surface area contributed by atoms with Gasteiger partial charge in [-0.3, -0.25) is 0 Å². The summed E-state index contributed by atoms with van der Waals surface area (Å²) in [6, 6.07) is 18.6. The Morgan fingerprint density at radius 1 is 0.842 bits per heavy atom. The molecule has 0 amide bonds. The predicted molar refractivity (Wildman–Crippen MR) is 80.6 cm³/mol. The summed E-state index contributed by atoms with van der Waals surface area (Å²) in [5, 5.41) is 0. The van der Waals surface area contributed by atoms with Crippen LogP contribution < -0.4 is 0 Å². The Labute approximate surface area is 114 Å².